The minimum atomic E-state index is 1.02. The second kappa shape index (κ2) is 10.3. The quantitative estimate of drug-likeness (QED) is 0.191. The van der Waals surface area contributed by atoms with Crippen molar-refractivity contribution in [3.63, 3.8) is 0 Å². The van der Waals surface area contributed by atoms with E-state index in [2.05, 4.69) is 168 Å². The molecule has 45 heavy (non-hydrogen) atoms. The first-order valence-corrected chi connectivity index (χ1v) is 15.4. The van der Waals surface area contributed by atoms with E-state index in [1.807, 2.05) is 12.3 Å². The molecule has 0 spiro atoms. The van der Waals surface area contributed by atoms with Gasteiger partial charge in [-0.3, -0.25) is 4.98 Å². The molecule has 0 fully saturated rings. The Hall–Kier alpha value is -5.99. The molecular formula is C43H28N2. The minimum Gasteiger partial charge on any atom is -0.311 e. The zero-order valence-electron chi connectivity index (χ0n) is 24.6. The Balaban J connectivity index is 1.19. The summed E-state index contributed by atoms with van der Waals surface area (Å²) in [6.45, 7) is 0. The fourth-order valence-corrected chi connectivity index (χ4v) is 6.94. The van der Waals surface area contributed by atoms with Crippen LogP contribution in [0.2, 0.25) is 0 Å². The van der Waals surface area contributed by atoms with Gasteiger partial charge in [0.25, 0.3) is 0 Å². The summed E-state index contributed by atoms with van der Waals surface area (Å²) in [7, 11) is 0. The molecule has 2 heteroatoms. The van der Waals surface area contributed by atoms with Gasteiger partial charge in [0.1, 0.15) is 0 Å². The number of aromatic nitrogens is 1. The van der Waals surface area contributed by atoms with Crippen molar-refractivity contribution in [1.29, 1.82) is 0 Å². The number of benzene rings is 8. The molecule has 0 saturated carbocycles. The number of para-hydroxylation sites is 2. The molecule has 8 aromatic carbocycles. The van der Waals surface area contributed by atoms with Gasteiger partial charge in [-0.25, -0.2) is 0 Å². The first-order valence-electron chi connectivity index (χ1n) is 15.4. The summed E-state index contributed by atoms with van der Waals surface area (Å²) in [4.78, 5) is 6.83. The van der Waals surface area contributed by atoms with E-state index in [4.69, 9.17) is 0 Å². The molecule has 0 aliphatic rings. The lowest BCUT2D eigenvalue weighted by Gasteiger charge is -2.25. The highest BCUT2D eigenvalue weighted by molar-refractivity contribution is 6.27. The second-order valence-electron chi connectivity index (χ2n) is 11.6. The Labute approximate surface area is 261 Å². The van der Waals surface area contributed by atoms with Crippen LogP contribution in [0.5, 0.6) is 0 Å². The molecule has 2 nitrogen and oxygen atoms in total. The standard InChI is InChI=1S/C43H28N2/c1-3-9-34(10-4-1)45(35-11-5-2-6-12-35)36-20-13-29(14-21-36)37-22-15-30-18-25-40-38(23-16-31-17-24-39(37)42(30)43(31)40)32-19-26-41-33(28-32)8-7-27-44-41/h1-28H. The maximum absolute atomic E-state index is 4.53. The molecule has 0 radical (unpaired) electrons. The molecule has 0 bridgehead atoms. The summed E-state index contributed by atoms with van der Waals surface area (Å²) in [5.41, 5.74) is 9.34. The van der Waals surface area contributed by atoms with Crippen LogP contribution < -0.4 is 4.90 Å². The van der Waals surface area contributed by atoms with Crippen molar-refractivity contribution in [3.8, 4) is 22.3 Å². The summed E-state index contributed by atoms with van der Waals surface area (Å²) < 4.78 is 0. The van der Waals surface area contributed by atoms with Gasteiger partial charge in [0.2, 0.25) is 0 Å². The Bertz CT molecular complexity index is 2430. The number of nitrogens with zero attached hydrogens (tertiary/aromatic N) is 2. The van der Waals surface area contributed by atoms with Crippen LogP contribution in [0.3, 0.4) is 0 Å². The fraction of sp³-hybridized carbons (Fsp3) is 0. The molecule has 0 aliphatic carbocycles. The average Bonchev–Trinajstić information content (AvgIpc) is 3.11. The van der Waals surface area contributed by atoms with Gasteiger partial charge in [0, 0.05) is 28.6 Å². The van der Waals surface area contributed by atoms with Gasteiger partial charge in [-0.15, -0.1) is 0 Å². The predicted octanol–water partition coefficient (Wildman–Crippen LogP) is 11.9. The van der Waals surface area contributed by atoms with E-state index in [1.54, 1.807) is 0 Å². The van der Waals surface area contributed by atoms with Crippen LogP contribution in [0, 0.1) is 0 Å². The maximum atomic E-state index is 4.53. The Morgan fingerprint density at radius 2 is 0.911 bits per heavy atom. The average molecular weight is 573 g/mol. The van der Waals surface area contributed by atoms with Crippen LogP contribution in [-0.2, 0) is 0 Å². The Morgan fingerprint density at radius 1 is 0.378 bits per heavy atom. The van der Waals surface area contributed by atoms with Crippen molar-refractivity contribution in [1.82, 2.24) is 4.98 Å². The van der Waals surface area contributed by atoms with E-state index in [-0.39, 0.29) is 0 Å². The molecule has 0 atom stereocenters. The topological polar surface area (TPSA) is 16.1 Å². The predicted molar refractivity (Wildman–Crippen MR) is 191 cm³/mol. The molecule has 9 rings (SSSR count). The van der Waals surface area contributed by atoms with Crippen LogP contribution in [0.1, 0.15) is 0 Å². The van der Waals surface area contributed by atoms with E-state index >= 15 is 0 Å². The van der Waals surface area contributed by atoms with Crippen LogP contribution in [0.25, 0.3) is 65.5 Å². The lowest BCUT2D eigenvalue weighted by Crippen LogP contribution is -2.09. The number of hydrogen-bond donors (Lipinski definition) is 0. The normalized spacial score (nSPS) is 11.6. The molecule has 0 N–H and O–H groups in total. The Kier molecular flexibility index (Phi) is 5.85. The molecule has 1 heterocycles. The lowest BCUT2D eigenvalue weighted by atomic mass is 9.87. The van der Waals surface area contributed by atoms with Gasteiger partial charge in [-0.2, -0.15) is 0 Å². The van der Waals surface area contributed by atoms with E-state index < -0.39 is 0 Å². The number of pyridine rings is 1. The summed E-state index contributed by atoms with van der Waals surface area (Å²) >= 11 is 0. The van der Waals surface area contributed by atoms with Gasteiger partial charge in [-0.05, 0) is 109 Å². The van der Waals surface area contributed by atoms with Crippen molar-refractivity contribution < 1.29 is 0 Å². The molecule has 0 aliphatic heterocycles. The van der Waals surface area contributed by atoms with Crippen molar-refractivity contribution in [3.05, 3.63) is 170 Å². The number of hydrogen-bond acceptors (Lipinski definition) is 2. The third-order valence-electron chi connectivity index (χ3n) is 9.04. The smallest absolute Gasteiger partial charge is 0.0702 e. The first-order chi connectivity index (χ1) is 22.3. The number of fused-ring (bicyclic) bond motifs is 1. The van der Waals surface area contributed by atoms with Gasteiger partial charge in [-0.1, -0.05) is 109 Å². The van der Waals surface area contributed by atoms with Crippen molar-refractivity contribution in [2.24, 2.45) is 0 Å². The molecule has 9 aromatic rings. The number of rotatable bonds is 5. The highest BCUT2D eigenvalue weighted by atomic mass is 15.1. The largest absolute Gasteiger partial charge is 0.311 e. The summed E-state index contributed by atoms with van der Waals surface area (Å²) in [6, 6.07) is 59.1. The van der Waals surface area contributed by atoms with E-state index in [1.165, 1.54) is 54.6 Å². The third-order valence-corrected chi connectivity index (χ3v) is 9.04. The van der Waals surface area contributed by atoms with E-state index in [9.17, 15) is 0 Å². The van der Waals surface area contributed by atoms with Gasteiger partial charge in [0.15, 0.2) is 0 Å². The summed E-state index contributed by atoms with van der Waals surface area (Å²) in [5.74, 6) is 0. The summed E-state index contributed by atoms with van der Waals surface area (Å²) in [5, 5.41) is 8.90. The third kappa shape index (κ3) is 4.22. The van der Waals surface area contributed by atoms with Gasteiger partial charge < -0.3 is 4.90 Å². The maximum Gasteiger partial charge on any atom is 0.0702 e. The van der Waals surface area contributed by atoms with Crippen molar-refractivity contribution in [2.45, 2.75) is 0 Å². The zero-order valence-corrected chi connectivity index (χ0v) is 24.6. The van der Waals surface area contributed by atoms with Crippen LogP contribution in [-0.4, -0.2) is 4.98 Å². The van der Waals surface area contributed by atoms with E-state index in [0.29, 0.717) is 0 Å². The number of anilines is 3. The van der Waals surface area contributed by atoms with Gasteiger partial charge >= 0.3 is 0 Å². The van der Waals surface area contributed by atoms with Crippen molar-refractivity contribution in [2.75, 3.05) is 4.90 Å². The second-order valence-corrected chi connectivity index (χ2v) is 11.6. The highest BCUT2D eigenvalue weighted by Crippen LogP contribution is 2.43. The van der Waals surface area contributed by atoms with Crippen LogP contribution in [0.4, 0.5) is 17.1 Å². The van der Waals surface area contributed by atoms with Crippen LogP contribution in [0.15, 0.2) is 170 Å². The highest BCUT2D eigenvalue weighted by Gasteiger charge is 2.16. The minimum absolute atomic E-state index is 1.02. The summed E-state index contributed by atoms with van der Waals surface area (Å²) in [6.07, 6.45) is 1.85. The SMILES string of the molecule is c1ccc(N(c2ccccc2)c2ccc(-c3ccc4ccc5c(-c6ccc7ncccc7c6)ccc6ccc3c4c65)cc2)cc1. The van der Waals surface area contributed by atoms with Gasteiger partial charge in [0.05, 0.1) is 5.52 Å². The van der Waals surface area contributed by atoms with Crippen molar-refractivity contribution >= 4 is 60.3 Å². The monoisotopic (exact) mass is 572 g/mol. The molecule has 210 valence electrons. The lowest BCUT2D eigenvalue weighted by molar-refractivity contribution is 1.28. The Morgan fingerprint density at radius 3 is 1.53 bits per heavy atom. The first kappa shape index (κ1) is 25.5. The molecular weight excluding hydrogens is 544 g/mol. The van der Waals surface area contributed by atoms with E-state index in [0.717, 1.165) is 28.0 Å². The fourth-order valence-electron chi connectivity index (χ4n) is 6.94. The molecule has 0 saturated heterocycles. The van der Waals surface area contributed by atoms with Crippen LogP contribution >= 0.6 is 0 Å². The zero-order chi connectivity index (χ0) is 29.7. The molecule has 0 amide bonds. The molecule has 1 aromatic heterocycles. The molecule has 0 unspecified atom stereocenters.